The molecule has 0 aromatic heterocycles. The van der Waals surface area contributed by atoms with Gasteiger partial charge in [-0.3, -0.25) is 4.90 Å². The Balaban J connectivity index is 1.54. The molecule has 2 aliphatic carbocycles. The average molecular weight is 307 g/mol. The number of benzene rings is 1. The zero-order chi connectivity index (χ0) is 15.6. The normalized spacial score (nSPS) is 25.3. The van der Waals surface area contributed by atoms with E-state index in [-0.39, 0.29) is 18.2 Å². The molecule has 0 saturated heterocycles. The SMILES string of the molecule is O=C(OCc1ccccc1)N1C2CC=CC=C2C=C2CCCC21. The fourth-order valence-corrected chi connectivity index (χ4v) is 3.87. The highest BCUT2D eigenvalue weighted by Crippen LogP contribution is 2.39. The van der Waals surface area contributed by atoms with E-state index in [1.54, 1.807) is 0 Å². The van der Waals surface area contributed by atoms with E-state index in [1.807, 2.05) is 35.2 Å². The number of carbonyl (C=O) groups excluding carboxylic acids is 1. The fraction of sp³-hybridized carbons (Fsp3) is 0.350. The maximum atomic E-state index is 12.8. The first-order valence-electron chi connectivity index (χ1n) is 8.39. The number of allylic oxidation sites excluding steroid dienone is 2. The van der Waals surface area contributed by atoms with E-state index in [0.29, 0.717) is 6.61 Å². The summed E-state index contributed by atoms with van der Waals surface area (Å²) in [5, 5.41) is 0. The highest BCUT2D eigenvalue weighted by Gasteiger charge is 2.40. The fourth-order valence-electron chi connectivity index (χ4n) is 3.87. The van der Waals surface area contributed by atoms with Crippen LogP contribution in [0.15, 0.2) is 65.8 Å². The Morgan fingerprint density at radius 1 is 1.22 bits per heavy atom. The molecule has 3 aliphatic rings. The Kier molecular flexibility index (Phi) is 3.78. The molecule has 4 rings (SSSR count). The Morgan fingerprint density at radius 3 is 2.96 bits per heavy atom. The third-order valence-electron chi connectivity index (χ3n) is 4.98. The third kappa shape index (κ3) is 2.72. The number of amides is 1. The molecule has 0 radical (unpaired) electrons. The number of hydrogen-bond acceptors (Lipinski definition) is 2. The summed E-state index contributed by atoms with van der Waals surface area (Å²) < 4.78 is 5.63. The lowest BCUT2D eigenvalue weighted by molar-refractivity contribution is 0.0729. The molecular formula is C20H21NO2. The van der Waals surface area contributed by atoms with Crippen molar-refractivity contribution in [2.24, 2.45) is 0 Å². The number of fused-ring (bicyclic) bond motifs is 2. The van der Waals surface area contributed by atoms with Gasteiger partial charge in [0.15, 0.2) is 0 Å². The topological polar surface area (TPSA) is 29.5 Å². The standard InChI is InChI=1S/C20H21NO2/c22-20(23-14-15-7-2-1-3-8-15)21-18-11-5-4-9-16(18)13-17-10-6-12-19(17)21/h1-5,7-9,13,18-19H,6,10-12,14H2. The van der Waals surface area contributed by atoms with Crippen molar-refractivity contribution in [3.63, 3.8) is 0 Å². The molecule has 3 heteroatoms. The zero-order valence-corrected chi connectivity index (χ0v) is 13.2. The van der Waals surface area contributed by atoms with Crippen molar-refractivity contribution in [3.05, 3.63) is 71.3 Å². The second-order valence-electron chi connectivity index (χ2n) is 6.42. The van der Waals surface area contributed by atoms with Crippen LogP contribution in [0.25, 0.3) is 0 Å². The van der Waals surface area contributed by atoms with Gasteiger partial charge in [-0.2, -0.15) is 0 Å². The Labute approximate surface area is 136 Å². The Hall–Kier alpha value is -2.29. The van der Waals surface area contributed by atoms with Gasteiger partial charge in [0.25, 0.3) is 0 Å². The maximum absolute atomic E-state index is 12.8. The van der Waals surface area contributed by atoms with Crippen LogP contribution >= 0.6 is 0 Å². The molecule has 0 bridgehead atoms. The highest BCUT2D eigenvalue weighted by atomic mass is 16.6. The third-order valence-corrected chi connectivity index (χ3v) is 4.98. The lowest BCUT2D eigenvalue weighted by Gasteiger charge is -2.41. The molecule has 3 nitrogen and oxygen atoms in total. The predicted octanol–water partition coefficient (Wildman–Crippen LogP) is 4.37. The van der Waals surface area contributed by atoms with Gasteiger partial charge < -0.3 is 4.74 Å². The van der Waals surface area contributed by atoms with Gasteiger partial charge in [0.2, 0.25) is 0 Å². The van der Waals surface area contributed by atoms with Crippen molar-refractivity contribution < 1.29 is 9.53 Å². The Bertz CT molecular complexity index is 687. The number of nitrogens with zero attached hydrogens (tertiary/aromatic N) is 1. The maximum Gasteiger partial charge on any atom is 0.411 e. The van der Waals surface area contributed by atoms with Gasteiger partial charge >= 0.3 is 6.09 Å². The summed E-state index contributed by atoms with van der Waals surface area (Å²) >= 11 is 0. The van der Waals surface area contributed by atoms with Crippen LogP contribution in [-0.2, 0) is 11.3 Å². The molecule has 118 valence electrons. The molecule has 23 heavy (non-hydrogen) atoms. The van der Waals surface area contributed by atoms with E-state index in [2.05, 4.69) is 24.3 Å². The highest BCUT2D eigenvalue weighted by molar-refractivity contribution is 5.71. The summed E-state index contributed by atoms with van der Waals surface area (Å²) in [6.07, 6.45) is 12.7. The molecule has 1 heterocycles. The van der Waals surface area contributed by atoms with Crippen molar-refractivity contribution in [1.82, 2.24) is 4.90 Å². The van der Waals surface area contributed by atoms with Gasteiger partial charge in [0.05, 0.1) is 12.1 Å². The van der Waals surface area contributed by atoms with E-state index in [4.69, 9.17) is 4.74 Å². The molecule has 0 N–H and O–H groups in total. The van der Waals surface area contributed by atoms with Crippen molar-refractivity contribution in [2.75, 3.05) is 0 Å². The molecular weight excluding hydrogens is 286 g/mol. The first-order valence-corrected chi connectivity index (χ1v) is 8.39. The van der Waals surface area contributed by atoms with Crippen LogP contribution in [0.4, 0.5) is 4.79 Å². The summed E-state index contributed by atoms with van der Waals surface area (Å²) in [5.74, 6) is 0. The predicted molar refractivity (Wildman–Crippen MR) is 89.8 cm³/mol. The largest absolute Gasteiger partial charge is 0.445 e. The van der Waals surface area contributed by atoms with Gasteiger partial charge in [-0.25, -0.2) is 4.79 Å². The van der Waals surface area contributed by atoms with Crippen LogP contribution < -0.4 is 0 Å². The van der Waals surface area contributed by atoms with Crippen LogP contribution in [0.5, 0.6) is 0 Å². The van der Waals surface area contributed by atoms with Crippen LogP contribution in [-0.4, -0.2) is 23.1 Å². The van der Waals surface area contributed by atoms with Crippen LogP contribution in [0, 0.1) is 0 Å². The van der Waals surface area contributed by atoms with Gasteiger partial charge in [0.1, 0.15) is 6.61 Å². The second-order valence-corrected chi connectivity index (χ2v) is 6.42. The molecule has 2 unspecified atom stereocenters. The summed E-state index contributed by atoms with van der Waals surface area (Å²) in [6, 6.07) is 10.2. The van der Waals surface area contributed by atoms with E-state index >= 15 is 0 Å². The van der Waals surface area contributed by atoms with E-state index < -0.39 is 0 Å². The van der Waals surface area contributed by atoms with Crippen molar-refractivity contribution in [3.8, 4) is 0 Å². The quantitative estimate of drug-likeness (QED) is 0.812. The molecule has 1 aromatic carbocycles. The van der Waals surface area contributed by atoms with Gasteiger partial charge in [-0.1, -0.05) is 54.6 Å². The molecule has 1 amide bonds. The molecule has 1 fully saturated rings. The molecule has 1 aliphatic heterocycles. The molecule has 0 spiro atoms. The summed E-state index contributed by atoms with van der Waals surface area (Å²) in [6.45, 7) is 0.337. The van der Waals surface area contributed by atoms with Crippen LogP contribution in [0.2, 0.25) is 0 Å². The number of rotatable bonds is 2. The van der Waals surface area contributed by atoms with E-state index in [9.17, 15) is 4.79 Å². The number of hydrogen-bond donors (Lipinski definition) is 0. The second kappa shape index (κ2) is 6.07. The van der Waals surface area contributed by atoms with Gasteiger partial charge in [0, 0.05) is 0 Å². The van der Waals surface area contributed by atoms with Gasteiger partial charge in [-0.15, -0.1) is 0 Å². The van der Waals surface area contributed by atoms with Gasteiger partial charge in [-0.05, 0) is 42.4 Å². The summed E-state index contributed by atoms with van der Waals surface area (Å²) in [7, 11) is 0. The van der Waals surface area contributed by atoms with Crippen molar-refractivity contribution >= 4 is 6.09 Å². The van der Waals surface area contributed by atoms with Crippen molar-refractivity contribution in [1.29, 1.82) is 0 Å². The van der Waals surface area contributed by atoms with Crippen LogP contribution in [0.1, 0.15) is 31.2 Å². The lowest BCUT2D eigenvalue weighted by Crippen LogP contribution is -2.50. The first kappa shape index (κ1) is 14.3. The minimum Gasteiger partial charge on any atom is -0.445 e. The Morgan fingerprint density at radius 2 is 2.09 bits per heavy atom. The average Bonchev–Trinajstić information content (AvgIpc) is 3.06. The van der Waals surface area contributed by atoms with Crippen LogP contribution in [0.3, 0.4) is 0 Å². The lowest BCUT2D eigenvalue weighted by atomic mass is 9.88. The van der Waals surface area contributed by atoms with E-state index in [0.717, 1.165) is 31.2 Å². The smallest absolute Gasteiger partial charge is 0.411 e. The zero-order valence-electron chi connectivity index (χ0n) is 13.2. The monoisotopic (exact) mass is 307 g/mol. The molecule has 1 saturated carbocycles. The van der Waals surface area contributed by atoms with E-state index in [1.165, 1.54) is 11.1 Å². The summed E-state index contributed by atoms with van der Waals surface area (Å²) in [5.41, 5.74) is 3.66. The first-order chi connectivity index (χ1) is 11.3. The molecule has 2 atom stereocenters. The summed E-state index contributed by atoms with van der Waals surface area (Å²) in [4.78, 5) is 14.8. The molecule has 1 aromatic rings. The minimum absolute atomic E-state index is 0.134. The minimum atomic E-state index is -0.183. The number of carbonyl (C=O) groups is 1. The van der Waals surface area contributed by atoms with Crippen molar-refractivity contribution in [2.45, 2.75) is 44.4 Å². The number of ether oxygens (including phenoxy) is 1.